The van der Waals surface area contributed by atoms with Crippen molar-refractivity contribution in [2.75, 3.05) is 13.7 Å². The van der Waals surface area contributed by atoms with E-state index in [1.165, 1.54) is 0 Å². The average Bonchev–Trinajstić information content (AvgIpc) is 2.38. The van der Waals surface area contributed by atoms with E-state index in [0.717, 1.165) is 17.7 Å². The van der Waals surface area contributed by atoms with Crippen molar-refractivity contribution >= 4 is 0 Å². The molecule has 0 saturated heterocycles. The Morgan fingerprint density at radius 2 is 2.06 bits per heavy atom. The van der Waals surface area contributed by atoms with E-state index in [9.17, 15) is 5.11 Å². The summed E-state index contributed by atoms with van der Waals surface area (Å²) in [6.45, 7) is 6.47. The van der Waals surface area contributed by atoms with Crippen LogP contribution in [0.25, 0.3) is 0 Å². The zero-order chi connectivity index (χ0) is 12.9. The van der Waals surface area contributed by atoms with E-state index in [-0.39, 0.29) is 0 Å². The highest BCUT2D eigenvalue weighted by Gasteiger charge is 2.33. The van der Waals surface area contributed by atoms with Crippen molar-refractivity contribution in [3.63, 3.8) is 0 Å². The number of benzene rings is 1. The molecule has 2 unspecified atom stereocenters. The SMILES string of the molecule is CCOC(C)(CC)C(O)c1cccc(OC)c1. The summed E-state index contributed by atoms with van der Waals surface area (Å²) in [6.07, 6.45) is 0.0988. The van der Waals surface area contributed by atoms with Gasteiger partial charge in [0.15, 0.2) is 0 Å². The maximum atomic E-state index is 10.4. The summed E-state index contributed by atoms with van der Waals surface area (Å²) >= 11 is 0. The molecule has 1 N–H and O–H groups in total. The molecule has 0 radical (unpaired) electrons. The molecule has 0 aliphatic carbocycles. The second kappa shape index (κ2) is 6.03. The maximum Gasteiger partial charge on any atom is 0.119 e. The van der Waals surface area contributed by atoms with Crippen LogP contribution in [-0.4, -0.2) is 24.4 Å². The lowest BCUT2D eigenvalue weighted by molar-refractivity contribution is -0.113. The molecule has 0 spiro atoms. The Kier molecular flexibility index (Phi) is 4.97. The second-order valence-corrected chi connectivity index (χ2v) is 4.28. The Balaban J connectivity index is 2.96. The number of hydrogen-bond acceptors (Lipinski definition) is 3. The van der Waals surface area contributed by atoms with Gasteiger partial charge in [0.2, 0.25) is 0 Å². The average molecular weight is 238 g/mol. The van der Waals surface area contributed by atoms with Crippen LogP contribution < -0.4 is 4.74 Å². The predicted molar refractivity (Wildman–Crippen MR) is 68.3 cm³/mol. The Morgan fingerprint density at radius 3 is 2.59 bits per heavy atom. The highest BCUT2D eigenvalue weighted by Crippen LogP contribution is 2.33. The van der Waals surface area contributed by atoms with Gasteiger partial charge in [-0.2, -0.15) is 0 Å². The zero-order valence-corrected chi connectivity index (χ0v) is 11.1. The maximum absolute atomic E-state index is 10.4. The highest BCUT2D eigenvalue weighted by molar-refractivity contribution is 5.31. The molecule has 0 bridgehead atoms. The van der Waals surface area contributed by atoms with Crippen LogP contribution in [0.1, 0.15) is 38.9 Å². The van der Waals surface area contributed by atoms with E-state index < -0.39 is 11.7 Å². The van der Waals surface area contributed by atoms with Crippen LogP contribution in [0.3, 0.4) is 0 Å². The smallest absolute Gasteiger partial charge is 0.119 e. The molecule has 0 saturated carbocycles. The molecular weight excluding hydrogens is 216 g/mol. The van der Waals surface area contributed by atoms with Crippen LogP contribution >= 0.6 is 0 Å². The van der Waals surface area contributed by atoms with Gasteiger partial charge >= 0.3 is 0 Å². The lowest BCUT2D eigenvalue weighted by Gasteiger charge is -2.33. The van der Waals surface area contributed by atoms with Crippen molar-refractivity contribution < 1.29 is 14.6 Å². The fraction of sp³-hybridized carbons (Fsp3) is 0.571. The molecule has 1 rings (SSSR count). The largest absolute Gasteiger partial charge is 0.497 e. The zero-order valence-electron chi connectivity index (χ0n) is 11.1. The highest BCUT2D eigenvalue weighted by atomic mass is 16.5. The molecule has 0 aromatic heterocycles. The van der Waals surface area contributed by atoms with E-state index >= 15 is 0 Å². The fourth-order valence-electron chi connectivity index (χ4n) is 1.87. The van der Waals surface area contributed by atoms with Crippen molar-refractivity contribution in [3.05, 3.63) is 29.8 Å². The molecular formula is C14H22O3. The van der Waals surface area contributed by atoms with Crippen LogP contribution in [0.5, 0.6) is 5.75 Å². The standard InChI is InChI=1S/C14H22O3/c1-5-14(3,17-6-2)13(15)11-8-7-9-12(10-11)16-4/h7-10,13,15H,5-6H2,1-4H3. The second-order valence-electron chi connectivity index (χ2n) is 4.28. The van der Waals surface area contributed by atoms with Crippen molar-refractivity contribution in [2.24, 2.45) is 0 Å². The Morgan fingerprint density at radius 1 is 1.35 bits per heavy atom. The first-order chi connectivity index (χ1) is 8.07. The molecule has 96 valence electrons. The van der Waals surface area contributed by atoms with Gasteiger partial charge in [-0.25, -0.2) is 0 Å². The molecule has 1 aromatic carbocycles. The summed E-state index contributed by atoms with van der Waals surface area (Å²) in [5, 5.41) is 10.4. The normalized spacial score (nSPS) is 16.3. The third-order valence-corrected chi connectivity index (χ3v) is 3.16. The van der Waals surface area contributed by atoms with Crippen LogP contribution in [0.2, 0.25) is 0 Å². The third kappa shape index (κ3) is 3.20. The topological polar surface area (TPSA) is 38.7 Å². The van der Waals surface area contributed by atoms with Gasteiger partial charge in [-0.3, -0.25) is 0 Å². The Bertz CT molecular complexity index is 351. The monoisotopic (exact) mass is 238 g/mol. The van der Waals surface area contributed by atoms with Gasteiger partial charge in [0, 0.05) is 6.61 Å². The van der Waals surface area contributed by atoms with Gasteiger partial charge < -0.3 is 14.6 Å². The first-order valence-electron chi connectivity index (χ1n) is 6.03. The molecule has 0 amide bonds. The van der Waals surface area contributed by atoms with Crippen LogP contribution in [0, 0.1) is 0 Å². The first kappa shape index (κ1) is 14.0. The first-order valence-corrected chi connectivity index (χ1v) is 6.03. The quantitative estimate of drug-likeness (QED) is 0.828. The number of hydrogen-bond donors (Lipinski definition) is 1. The number of aliphatic hydroxyl groups excluding tert-OH is 1. The molecule has 2 atom stereocenters. The Labute approximate surface area is 103 Å². The van der Waals surface area contributed by atoms with Gasteiger partial charge in [0.1, 0.15) is 11.9 Å². The van der Waals surface area contributed by atoms with E-state index in [0.29, 0.717) is 6.61 Å². The predicted octanol–water partition coefficient (Wildman–Crippen LogP) is 2.93. The third-order valence-electron chi connectivity index (χ3n) is 3.16. The number of rotatable bonds is 6. The summed E-state index contributed by atoms with van der Waals surface area (Å²) in [4.78, 5) is 0. The van der Waals surface area contributed by atoms with E-state index in [2.05, 4.69) is 0 Å². The summed E-state index contributed by atoms with van der Waals surface area (Å²) in [5.74, 6) is 0.747. The summed E-state index contributed by atoms with van der Waals surface area (Å²) in [6, 6.07) is 7.47. The number of aliphatic hydroxyl groups is 1. The van der Waals surface area contributed by atoms with Gasteiger partial charge in [0.05, 0.1) is 12.7 Å². The Hall–Kier alpha value is -1.06. The van der Waals surface area contributed by atoms with Crippen molar-refractivity contribution in [3.8, 4) is 5.75 Å². The molecule has 3 nitrogen and oxygen atoms in total. The molecule has 0 aliphatic heterocycles. The molecule has 17 heavy (non-hydrogen) atoms. The summed E-state index contributed by atoms with van der Waals surface area (Å²) in [7, 11) is 1.62. The lowest BCUT2D eigenvalue weighted by atomic mass is 9.90. The van der Waals surface area contributed by atoms with Crippen molar-refractivity contribution in [1.82, 2.24) is 0 Å². The molecule has 0 fully saturated rings. The van der Waals surface area contributed by atoms with Crippen LogP contribution in [0.4, 0.5) is 0 Å². The summed E-state index contributed by atoms with van der Waals surface area (Å²) < 4.78 is 10.8. The van der Waals surface area contributed by atoms with Crippen LogP contribution in [-0.2, 0) is 4.74 Å². The molecule has 3 heteroatoms. The van der Waals surface area contributed by atoms with E-state index in [1.807, 2.05) is 45.0 Å². The number of ether oxygens (including phenoxy) is 2. The van der Waals surface area contributed by atoms with E-state index in [1.54, 1.807) is 7.11 Å². The van der Waals surface area contributed by atoms with Crippen molar-refractivity contribution in [1.29, 1.82) is 0 Å². The van der Waals surface area contributed by atoms with Crippen molar-refractivity contribution in [2.45, 2.75) is 38.9 Å². The molecule has 0 heterocycles. The summed E-state index contributed by atoms with van der Waals surface area (Å²) in [5.41, 5.74) is 0.267. The molecule has 1 aromatic rings. The minimum atomic E-state index is -0.650. The van der Waals surface area contributed by atoms with Gasteiger partial charge in [-0.1, -0.05) is 19.1 Å². The van der Waals surface area contributed by atoms with Crippen LogP contribution in [0.15, 0.2) is 24.3 Å². The minimum Gasteiger partial charge on any atom is -0.497 e. The lowest BCUT2D eigenvalue weighted by Crippen LogP contribution is -2.35. The fourth-order valence-corrected chi connectivity index (χ4v) is 1.87. The van der Waals surface area contributed by atoms with E-state index in [4.69, 9.17) is 9.47 Å². The minimum absolute atomic E-state index is 0.554. The van der Waals surface area contributed by atoms with Gasteiger partial charge in [-0.05, 0) is 38.0 Å². The van der Waals surface area contributed by atoms with Gasteiger partial charge in [-0.15, -0.1) is 0 Å². The molecule has 0 aliphatic rings. The number of methoxy groups -OCH3 is 1. The van der Waals surface area contributed by atoms with Gasteiger partial charge in [0.25, 0.3) is 0 Å².